The minimum Gasteiger partial charge on any atom is -0.497 e. The molecule has 27 heavy (non-hydrogen) atoms. The number of hydrogen-bond acceptors (Lipinski definition) is 6. The molecule has 4 rings (SSSR count). The third-order valence-corrected chi connectivity index (χ3v) is 6.52. The van der Waals surface area contributed by atoms with E-state index in [0.29, 0.717) is 12.2 Å². The van der Waals surface area contributed by atoms with Crippen molar-refractivity contribution in [1.29, 1.82) is 0 Å². The van der Waals surface area contributed by atoms with Gasteiger partial charge in [-0.15, -0.1) is 10.2 Å². The van der Waals surface area contributed by atoms with E-state index in [9.17, 15) is 4.79 Å². The Labute approximate surface area is 163 Å². The molecule has 1 aromatic heterocycles. The Morgan fingerprint density at radius 3 is 2.74 bits per heavy atom. The van der Waals surface area contributed by atoms with Gasteiger partial charge in [0.25, 0.3) is 0 Å². The van der Waals surface area contributed by atoms with E-state index in [0.717, 1.165) is 67.5 Å². The fourth-order valence-electron chi connectivity index (χ4n) is 3.69. The number of ketones is 1. The number of carbonyl (C=O) groups excluding carboxylic acids is 1. The Balaban J connectivity index is 1.63. The molecule has 1 aliphatic heterocycles. The summed E-state index contributed by atoms with van der Waals surface area (Å²) in [5, 5.41) is 9.71. The van der Waals surface area contributed by atoms with Crippen molar-refractivity contribution in [2.75, 3.05) is 13.7 Å². The molecule has 0 amide bonds. The standard InChI is InChI=1S/C20H25N3O3S/c1-25-15-10-8-14(9-11-15)19-21-22-20(23(19)13-16-5-4-12-26-16)27-18-7-3-2-6-17(18)24/h8-11,16,18H,2-7,12-13H2,1H3/t16-,18+/m1/s1. The van der Waals surface area contributed by atoms with E-state index in [-0.39, 0.29) is 11.4 Å². The monoisotopic (exact) mass is 387 g/mol. The second-order valence-corrected chi connectivity index (χ2v) is 8.27. The fourth-order valence-corrected chi connectivity index (χ4v) is 4.85. The smallest absolute Gasteiger partial charge is 0.192 e. The summed E-state index contributed by atoms with van der Waals surface area (Å²) in [6, 6.07) is 7.85. The van der Waals surface area contributed by atoms with Crippen LogP contribution in [0.3, 0.4) is 0 Å². The molecular formula is C20H25N3O3S. The van der Waals surface area contributed by atoms with Crippen LogP contribution in [-0.4, -0.2) is 45.6 Å². The van der Waals surface area contributed by atoms with Crippen LogP contribution in [0.5, 0.6) is 5.75 Å². The van der Waals surface area contributed by atoms with E-state index < -0.39 is 0 Å². The normalized spacial score (nSPS) is 22.9. The minimum absolute atomic E-state index is 0.00471. The number of carbonyl (C=O) groups is 1. The van der Waals surface area contributed by atoms with Crippen molar-refractivity contribution in [3.05, 3.63) is 24.3 Å². The summed E-state index contributed by atoms with van der Waals surface area (Å²) in [4.78, 5) is 12.3. The van der Waals surface area contributed by atoms with Crippen molar-refractivity contribution in [3.63, 3.8) is 0 Å². The lowest BCUT2D eigenvalue weighted by Crippen LogP contribution is -2.23. The van der Waals surface area contributed by atoms with E-state index in [4.69, 9.17) is 9.47 Å². The van der Waals surface area contributed by atoms with Crippen LogP contribution in [0.25, 0.3) is 11.4 Å². The highest BCUT2D eigenvalue weighted by Gasteiger charge is 2.28. The summed E-state index contributed by atoms with van der Waals surface area (Å²) in [7, 11) is 1.66. The van der Waals surface area contributed by atoms with Crippen LogP contribution < -0.4 is 4.74 Å². The SMILES string of the molecule is COc1ccc(-c2nnc(S[C@H]3CCCCC3=O)n2C[C@H]2CCCO2)cc1. The molecule has 2 fully saturated rings. The number of methoxy groups -OCH3 is 1. The van der Waals surface area contributed by atoms with Crippen molar-refractivity contribution < 1.29 is 14.3 Å². The van der Waals surface area contributed by atoms with Crippen molar-refractivity contribution in [3.8, 4) is 17.1 Å². The maximum Gasteiger partial charge on any atom is 0.192 e. The minimum atomic E-state index is -0.00471. The molecule has 0 bridgehead atoms. The Morgan fingerprint density at radius 2 is 2.04 bits per heavy atom. The van der Waals surface area contributed by atoms with Gasteiger partial charge in [-0.1, -0.05) is 18.2 Å². The Kier molecular flexibility index (Phi) is 5.78. The number of rotatable bonds is 6. The Hall–Kier alpha value is -1.86. The van der Waals surface area contributed by atoms with Crippen molar-refractivity contribution >= 4 is 17.5 Å². The molecule has 1 aliphatic carbocycles. The van der Waals surface area contributed by atoms with Crippen LogP contribution in [0, 0.1) is 0 Å². The molecule has 1 saturated carbocycles. The molecule has 2 atom stereocenters. The van der Waals surface area contributed by atoms with Crippen LogP contribution in [0.4, 0.5) is 0 Å². The zero-order valence-electron chi connectivity index (χ0n) is 15.6. The summed E-state index contributed by atoms with van der Waals surface area (Å²) in [5.41, 5.74) is 0.989. The molecule has 0 N–H and O–H groups in total. The maximum atomic E-state index is 12.3. The number of aromatic nitrogens is 3. The van der Waals surface area contributed by atoms with E-state index in [1.54, 1.807) is 18.9 Å². The van der Waals surface area contributed by atoms with Gasteiger partial charge in [-0.25, -0.2) is 0 Å². The second-order valence-electron chi connectivity index (χ2n) is 7.10. The van der Waals surface area contributed by atoms with Gasteiger partial charge in [0.05, 0.1) is 25.0 Å². The van der Waals surface area contributed by atoms with Gasteiger partial charge in [0, 0.05) is 18.6 Å². The van der Waals surface area contributed by atoms with Crippen LogP contribution in [0.1, 0.15) is 38.5 Å². The summed E-state index contributed by atoms with van der Waals surface area (Å²) in [6.45, 7) is 1.53. The maximum absolute atomic E-state index is 12.3. The predicted octanol–water partition coefficient (Wildman–Crippen LogP) is 3.74. The van der Waals surface area contributed by atoms with Gasteiger partial charge in [-0.05, 0) is 49.9 Å². The largest absolute Gasteiger partial charge is 0.497 e. The van der Waals surface area contributed by atoms with Crippen molar-refractivity contribution in [2.24, 2.45) is 0 Å². The second kappa shape index (κ2) is 8.44. The van der Waals surface area contributed by atoms with Gasteiger partial charge in [0.2, 0.25) is 0 Å². The molecule has 0 radical (unpaired) electrons. The highest BCUT2D eigenvalue weighted by atomic mass is 32.2. The van der Waals surface area contributed by atoms with E-state index in [1.165, 1.54) is 0 Å². The van der Waals surface area contributed by atoms with Gasteiger partial charge < -0.3 is 9.47 Å². The number of nitrogens with zero attached hydrogens (tertiary/aromatic N) is 3. The number of thioether (sulfide) groups is 1. The van der Waals surface area contributed by atoms with Gasteiger partial charge >= 0.3 is 0 Å². The number of Topliss-reactive ketones (excluding diaryl/α,β-unsaturated/α-hetero) is 1. The quantitative estimate of drug-likeness (QED) is 0.752. The van der Waals surface area contributed by atoms with Gasteiger partial charge in [0.1, 0.15) is 11.5 Å². The van der Waals surface area contributed by atoms with Crippen molar-refractivity contribution in [2.45, 2.75) is 61.6 Å². The lowest BCUT2D eigenvalue weighted by Gasteiger charge is -2.20. The first-order chi connectivity index (χ1) is 13.2. The van der Waals surface area contributed by atoms with Gasteiger partial charge in [-0.2, -0.15) is 0 Å². The highest BCUT2D eigenvalue weighted by molar-refractivity contribution is 8.00. The van der Waals surface area contributed by atoms with Gasteiger partial charge in [0.15, 0.2) is 11.0 Å². The molecule has 2 heterocycles. The van der Waals surface area contributed by atoms with Crippen LogP contribution in [0.2, 0.25) is 0 Å². The zero-order valence-corrected chi connectivity index (χ0v) is 16.4. The average molecular weight is 388 g/mol. The molecule has 7 heteroatoms. The summed E-state index contributed by atoms with van der Waals surface area (Å²) in [5.74, 6) is 1.97. The van der Waals surface area contributed by atoms with E-state index in [2.05, 4.69) is 14.8 Å². The molecule has 6 nitrogen and oxygen atoms in total. The number of hydrogen-bond donors (Lipinski definition) is 0. The first kappa shape index (κ1) is 18.5. The predicted molar refractivity (Wildman–Crippen MR) is 104 cm³/mol. The summed E-state index contributed by atoms with van der Waals surface area (Å²) < 4.78 is 13.2. The molecule has 2 aromatic rings. The Bertz CT molecular complexity index is 784. The van der Waals surface area contributed by atoms with Crippen LogP contribution >= 0.6 is 11.8 Å². The number of benzene rings is 1. The van der Waals surface area contributed by atoms with Crippen molar-refractivity contribution in [1.82, 2.24) is 14.8 Å². The number of ether oxygens (including phenoxy) is 2. The van der Waals surface area contributed by atoms with Gasteiger partial charge in [-0.3, -0.25) is 9.36 Å². The zero-order chi connectivity index (χ0) is 18.6. The topological polar surface area (TPSA) is 66.2 Å². The third kappa shape index (κ3) is 4.19. The third-order valence-electron chi connectivity index (χ3n) is 5.22. The molecule has 0 unspecified atom stereocenters. The molecule has 1 aromatic carbocycles. The first-order valence-corrected chi connectivity index (χ1v) is 10.5. The van der Waals surface area contributed by atoms with E-state index in [1.807, 2.05) is 24.3 Å². The van der Waals surface area contributed by atoms with Crippen LogP contribution in [0.15, 0.2) is 29.4 Å². The summed E-state index contributed by atoms with van der Waals surface area (Å²) >= 11 is 1.57. The molecule has 2 aliphatic rings. The van der Waals surface area contributed by atoms with E-state index >= 15 is 0 Å². The molecule has 1 saturated heterocycles. The lowest BCUT2D eigenvalue weighted by molar-refractivity contribution is -0.119. The lowest BCUT2D eigenvalue weighted by atomic mass is 9.99. The van der Waals surface area contributed by atoms with Crippen LogP contribution in [-0.2, 0) is 16.1 Å². The molecule has 0 spiro atoms. The highest BCUT2D eigenvalue weighted by Crippen LogP contribution is 2.33. The average Bonchev–Trinajstić information content (AvgIpc) is 3.35. The summed E-state index contributed by atoms with van der Waals surface area (Å²) in [6.07, 6.45) is 6.04. The molecular weight excluding hydrogens is 362 g/mol. The fraction of sp³-hybridized carbons (Fsp3) is 0.550. The first-order valence-electron chi connectivity index (χ1n) is 9.63. The Morgan fingerprint density at radius 1 is 1.19 bits per heavy atom. The molecule has 144 valence electrons.